The Labute approximate surface area is 161 Å². The Balaban J connectivity index is 1.25. The fourth-order valence-corrected chi connectivity index (χ4v) is 5.00. The van der Waals surface area contributed by atoms with Crippen molar-refractivity contribution in [1.82, 2.24) is 19.8 Å². The molecule has 0 N–H and O–H groups in total. The average molecular weight is 385 g/mol. The molecule has 26 heavy (non-hydrogen) atoms. The number of carbonyl (C=O) groups excluding carboxylic acids is 1. The number of nitrogens with zero attached hydrogens (tertiary/aromatic N) is 4. The molecule has 3 heterocycles. The Morgan fingerprint density at radius 2 is 1.96 bits per heavy atom. The number of aromatic nitrogens is 2. The van der Waals surface area contributed by atoms with Gasteiger partial charge in [-0.05, 0) is 23.8 Å². The predicted octanol–water partition coefficient (Wildman–Crippen LogP) is 3.13. The van der Waals surface area contributed by atoms with Crippen LogP contribution in [0.15, 0.2) is 53.1 Å². The minimum Gasteiger partial charge on any atom is -0.339 e. The molecule has 0 saturated carbocycles. The molecule has 1 aliphatic rings. The highest BCUT2D eigenvalue weighted by molar-refractivity contribution is 8.01. The summed E-state index contributed by atoms with van der Waals surface area (Å²) in [6, 6.07) is 12.2. The van der Waals surface area contributed by atoms with Crippen LogP contribution in [0.4, 0.5) is 0 Å². The second kappa shape index (κ2) is 8.16. The molecule has 134 valence electrons. The van der Waals surface area contributed by atoms with Crippen LogP contribution in [0, 0.1) is 0 Å². The Morgan fingerprint density at radius 1 is 1.12 bits per heavy atom. The van der Waals surface area contributed by atoms with E-state index in [2.05, 4.69) is 27.0 Å². The normalized spacial score (nSPS) is 15.5. The molecule has 4 rings (SSSR count). The average Bonchev–Trinajstić information content (AvgIpc) is 3.10. The number of thiazole rings is 1. The largest absolute Gasteiger partial charge is 0.339 e. The lowest BCUT2D eigenvalue weighted by Gasteiger charge is -2.34. The molecule has 1 aromatic carbocycles. The molecule has 0 atom stereocenters. The number of fused-ring (bicyclic) bond motifs is 1. The second-order valence-corrected chi connectivity index (χ2v) is 8.51. The number of carbonyl (C=O) groups is 1. The van der Waals surface area contributed by atoms with Crippen LogP contribution >= 0.6 is 23.1 Å². The van der Waals surface area contributed by atoms with E-state index >= 15 is 0 Å². The van der Waals surface area contributed by atoms with Gasteiger partial charge in [-0.3, -0.25) is 14.7 Å². The lowest BCUT2D eigenvalue weighted by Crippen LogP contribution is -2.48. The van der Waals surface area contributed by atoms with Gasteiger partial charge in [-0.1, -0.05) is 30.0 Å². The molecule has 1 aliphatic heterocycles. The highest BCUT2D eigenvalue weighted by atomic mass is 32.2. The maximum Gasteiger partial charge on any atom is 0.233 e. The topological polar surface area (TPSA) is 49.3 Å². The number of benzene rings is 1. The summed E-state index contributed by atoms with van der Waals surface area (Å²) in [5.74, 6) is 0.665. The summed E-state index contributed by atoms with van der Waals surface area (Å²) in [7, 11) is 0. The van der Waals surface area contributed by atoms with E-state index in [0.717, 1.165) is 42.6 Å². The molecule has 1 fully saturated rings. The van der Waals surface area contributed by atoms with Gasteiger partial charge in [0.1, 0.15) is 0 Å². The monoisotopic (exact) mass is 384 g/mol. The highest BCUT2D eigenvalue weighted by Crippen LogP contribution is 2.29. The molecule has 2 aromatic heterocycles. The summed E-state index contributed by atoms with van der Waals surface area (Å²) >= 11 is 3.20. The fourth-order valence-electron chi connectivity index (χ4n) is 3.03. The van der Waals surface area contributed by atoms with Crippen LogP contribution in [0.3, 0.4) is 0 Å². The predicted molar refractivity (Wildman–Crippen MR) is 106 cm³/mol. The van der Waals surface area contributed by atoms with E-state index in [9.17, 15) is 4.79 Å². The summed E-state index contributed by atoms with van der Waals surface area (Å²) in [6.45, 7) is 4.30. The number of piperazine rings is 1. The Bertz CT molecular complexity index is 842. The number of para-hydroxylation sites is 1. The molecule has 0 bridgehead atoms. The van der Waals surface area contributed by atoms with Gasteiger partial charge in [0.05, 0.1) is 16.0 Å². The maximum atomic E-state index is 12.5. The molecule has 0 spiro atoms. The number of hydrogen-bond donors (Lipinski definition) is 0. The molecule has 3 aromatic rings. The third-order valence-corrected chi connectivity index (χ3v) is 6.61. The first-order valence-electron chi connectivity index (χ1n) is 8.65. The molecule has 1 saturated heterocycles. The van der Waals surface area contributed by atoms with Crippen LogP contribution in [0.25, 0.3) is 10.2 Å². The van der Waals surface area contributed by atoms with Gasteiger partial charge < -0.3 is 4.90 Å². The van der Waals surface area contributed by atoms with Gasteiger partial charge in [0, 0.05) is 45.1 Å². The minimum atomic E-state index is 0.204. The Morgan fingerprint density at radius 3 is 2.73 bits per heavy atom. The Kier molecular flexibility index (Phi) is 5.48. The molecule has 5 nitrogen and oxygen atoms in total. The molecule has 0 radical (unpaired) electrons. The van der Waals surface area contributed by atoms with Crippen molar-refractivity contribution in [2.24, 2.45) is 0 Å². The van der Waals surface area contributed by atoms with Crippen LogP contribution in [0.5, 0.6) is 0 Å². The quantitative estimate of drug-likeness (QED) is 0.633. The van der Waals surface area contributed by atoms with Crippen LogP contribution < -0.4 is 0 Å². The number of thioether (sulfide) groups is 1. The van der Waals surface area contributed by atoms with Gasteiger partial charge in [-0.2, -0.15) is 0 Å². The molecule has 7 heteroatoms. The van der Waals surface area contributed by atoms with E-state index in [1.165, 1.54) is 10.3 Å². The fraction of sp³-hybridized carbons (Fsp3) is 0.316. The lowest BCUT2D eigenvalue weighted by molar-refractivity contribution is -0.130. The van der Waals surface area contributed by atoms with Crippen molar-refractivity contribution < 1.29 is 4.79 Å². The van der Waals surface area contributed by atoms with Crippen molar-refractivity contribution in [2.45, 2.75) is 10.9 Å². The summed E-state index contributed by atoms with van der Waals surface area (Å²) in [5, 5.41) is 0. The summed E-state index contributed by atoms with van der Waals surface area (Å²) in [4.78, 5) is 25.6. The van der Waals surface area contributed by atoms with Crippen LogP contribution in [0.2, 0.25) is 0 Å². The summed E-state index contributed by atoms with van der Waals surface area (Å²) in [5.41, 5.74) is 2.23. The molecular formula is C19H20N4OS2. The number of amides is 1. The van der Waals surface area contributed by atoms with E-state index in [1.807, 2.05) is 35.4 Å². The third kappa shape index (κ3) is 4.23. The SMILES string of the molecule is O=C(CSc1nc2ccccc2s1)N1CCN(Cc2cccnc2)CC1. The number of rotatable bonds is 5. The second-order valence-electron chi connectivity index (χ2n) is 6.25. The maximum absolute atomic E-state index is 12.5. The van der Waals surface area contributed by atoms with E-state index in [4.69, 9.17) is 0 Å². The highest BCUT2D eigenvalue weighted by Gasteiger charge is 2.21. The van der Waals surface area contributed by atoms with Crippen LogP contribution in [0.1, 0.15) is 5.56 Å². The Hall–Kier alpha value is -1.96. The van der Waals surface area contributed by atoms with Crippen molar-refractivity contribution >= 4 is 39.2 Å². The van der Waals surface area contributed by atoms with Crippen molar-refractivity contribution in [1.29, 1.82) is 0 Å². The lowest BCUT2D eigenvalue weighted by atomic mass is 10.2. The van der Waals surface area contributed by atoms with E-state index in [1.54, 1.807) is 29.3 Å². The van der Waals surface area contributed by atoms with Crippen molar-refractivity contribution in [3.63, 3.8) is 0 Å². The zero-order valence-corrected chi connectivity index (χ0v) is 16.0. The van der Waals surface area contributed by atoms with Crippen molar-refractivity contribution in [3.05, 3.63) is 54.4 Å². The van der Waals surface area contributed by atoms with Crippen LogP contribution in [-0.4, -0.2) is 57.6 Å². The van der Waals surface area contributed by atoms with Gasteiger partial charge in [0.2, 0.25) is 5.91 Å². The first-order chi connectivity index (χ1) is 12.8. The van der Waals surface area contributed by atoms with Gasteiger partial charge in [0.15, 0.2) is 4.34 Å². The van der Waals surface area contributed by atoms with Crippen LogP contribution in [-0.2, 0) is 11.3 Å². The van der Waals surface area contributed by atoms with Gasteiger partial charge in [-0.25, -0.2) is 4.98 Å². The molecule has 0 aliphatic carbocycles. The molecule has 0 unspecified atom stereocenters. The summed E-state index contributed by atoms with van der Waals surface area (Å²) < 4.78 is 2.14. The number of hydrogen-bond acceptors (Lipinski definition) is 6. The first-order valence-corrected chi connectivity index (χ1v) is 10.5. The van der Waals surface area contributed by atoms with E-state index < -0.39 is 0 Å². The standard InChI is InChI=1S/C19H20N4OS2/c24-18(14-25-19-21-16-5-1-2-6-17(16)26-19)23-10-8-22(9-11-23)13-15-4-3-7-20-12-15/h1-7,12H,8-11,13-14H2. The third-order valence-electron chi connectivity index (χ3n) is 4.45. The van der Waals surface area contributed by atoms with Crippen molar-refractivity contribution in [2.75, 3.05) is 31.9 Å². The molecule has 1 amide bonds. The van der Waals surface area contributed by atoms with Gasteiger partial charge in [0.25, 0.3) is 0 Å². The zero-order valence-electron chi connectivity index (χ0n) is 14.4. The summed E-state index contributed by atoms with van der Waals surface area (Å²) in [6.07, 6.45) is 3.70. The zero-order chi connectivity index (χ0) is 17.8. The minimum absolute atomic E-state index is 0.204. The van der Waals surface area contributed by atoms with Gasteiger partial charge in [-0.15, -0.1) is 11.3 Å². The first kappa shape index (κ1) is 17.5. The molecular weight excluding hydrogens is 364 g/mol. The smallest absolute Gasteiger partial charge is 0.233 e. The number of pyridine rings is 1. The van der Waals surface area contributed by atoms with E-state index in [0.29, 0.717) is 5.75 Å². The van der Waals surface area contributed by atoms with E-state index in [-0.39, 0.29) is 5.91 Å². The van der Waals surface area contributed by atoms with Gasteiger partial charge >= 0.3 is 0 Å². The van der Waals surface area contributed by atoms with Crippen molar-refractivity contribution in [3.8, 4) is 0 Å².